The summed E-state index contributed by atoms with van der Waals surface area (Å²) < 4.78 is 32.0. The van der Waals surface area contributed by atoms with Crippen LogP contribution in [0.1, 0.15) is 12.5 Å². The van der Waals surface area contributed by atoms with Gasteiger partial charge in [-0.3, -0.25) is 0 Å². The molecule has 0 aliphatic carbocycles. The lowest BCUT2D eigenvalue weighted by Crippen LogP contribution is -2.31. The SMILES string of the molecule is CC1(C(F)(F)c2ccccc2)CO1. The lowest BCUT2D eigenvalue weighted by atomic mass is 9.97. The Morgan fingerprint density at radius 2 is 1.85 bits per heavy atom. The summed E-state index contributed by atoms with van der Waals surface area (Å²) >= 11 is 0. The van der Waals surface area contributed by atoms with E-state index in [0.29, 0.717) is 0 Å². The zero-order valence-electron chi connectivity index (χ0n) is 7.26. The molecule has 0 bridgehead atoms. The summed E-state index contributed by atoms with van der Waals surface area (Å²) in [5, 5.41) is 0. The first kappa shape index (κ1) is 8.63. The maximum absolute atomic E-state index is 13.6. The highest BCUT2D eigenvalue weighted by molar-refractivity contribution is 5.25. The highest BCUT2D eigenvalue weighted by Crippen LogP contribution is 2.48. The first-order chi connectivity index (χ1) is 6.06. The second kappa shape index (κ2) is 2.51. The van der Waals surface area contributed by atoms with Crippen molar-refractivity contribution in [3.8, 4) is 0 Å². The van der Waals surface area contributed by atoms with E-state index < -0.39 is 11.5 Å². The molecule has 1 aliphatic heterocycles. The van der Waals surface area contributed by atoms with Gasteiger partial charge in [-0.05, 0) is 6.92 Å². The Hall–Kier alpha value is -0.960. The Kier molecular flexibility index (Phi) is 1.67. The van der Waals surface area contributed by atoms with Crippen molar-refractivity contribution in [2.75, 3.05) is 6.61 Å². The van der Waals surface area contributed by atoms with Crippen molar-refractivity contribution >= 4 is 0 Å². The Bertz CT molecular complexity index is 304. The molecule has 0 N–H and O–H groups in total. The first-order valence-corrected chi connectivity index (χ1v) is 4.14. The highest BCUT2D eigenvalue weighted by atomic mass is 19.3. The fraction of sp³-hybridized carbons (Fsp3) is 0.400. The topological polar surface area (TPSA) is 12.5 Å². The minimum Gasteiger partial charge on any atom is -0.363 e. The van der Waals surface area contributed by atoms with E-state index in [4.69, 9.17) is 4.74 Å². The van der Waals surface area contributed by atoms with Crippen molar-refractivity contribution in [1.82, 2.24) is 0 Å². The van der Waals surface area contributed by atoms with E-state index in [-0.39, 0.29) is 12.2 Å². The molecule has 1 heterocycles. The van der Waals surface area contributed by atoms with Crippen LogP contribution in [0, 0.1) is 0 Å². The van der Waals surface area contributed by atoms with Gasteiger partial charge in [-0.1, -0.05) is 30.3 Å². The van der Waals surface area contributed by atoms with Crippen molar-refractivity contribution < 1.29 is 13.5 Å². The lowest BCUT2D eigenvalue weighted by molar-refractivity contribution is -0.0745. The molecule has 0 spiro atoms. The molecule has 1 saturated heterocycles. The third kappa shape index (κ3) is 1.23. The molecule has 1 unspecified atom stereocenters. The summed E-state index contributed by atoms with van der Waals surface area (Å²) in [6.07, 6.45) is 0. The predicted octanol–water partition coefficient (Wildman–Crippen LogP) is 2.57. The molecule has 13 heavy (non-hydrogen) atoms. The maximum Gasteiger partial charge on any atom is 0.303 e. The number of halogens is 2. The fourth-order valence-electron chi connectivity index (χ4n) is 1.24. The average molecular weight is 184 g/mol. The predicted molar refractivity (Wildman–Crippen MR) is 44.7 cm³/mol. The number of hydrogen-bond donors (Lipinski definition) is 0. The Balaban J connectivity index is 2.35. The number of alkyl halides is 2. The third-order valence-corrected chi connectivity index (χ3v) is 2.38. The van der Waals surface area contributed by atoms with Crippen LogP contribution >= 0.6 is 0 Å². The van der Waals surface area contributed by atoms with Gasteiger partial charge < -0.3 is 4.74 Å². The zero-order chi connectivity index (χ0) is 9.53. The molecular formula is C10H10F2O. The van der Waals surface area contributed by atoms with Crippen LogP contribution in [0.25, 0.3) is 0 Å². The smallest absolute Gasteiger partial charge is 0.303 e. The largest absolute Gasteiger partial charge is 0.363 e. The molecule has 1 fully saturated rings. The molecule has 1 aromatic rings. The van der Waals surface area contributed by atoms with E-state index in [1.54, 1.807) is 18.2 Å². The van der Waals surface area contributed by atoms with E-state index in [9.17, 15) is 8.78 Å². The maximum atomic E-state index is 13.6. The molecule has 0 saturated carbocycles. The minimum atomic E-state index is -2.88. The van der Waals surface area contributed by atoms with E-state index in [1.807, 2.05) is 0 Å². The highest BCUT2D eigenvalue weighted by Gasteiger charge is 2.61. The molecule has 1 nitrogen and oxygen atoms in total. The minimum absolute atomic E-state index is 0.0231. The number of rotatable bonds is 2. The molecule has 0 aromatic heterocycles. The van der Waals surface area contributed by atoms with Crippen LogP contribution in [-0.2, 0) is 10.7 Å². The summed E-state index contributed by atoms with van der Waals surface area (Å²) in [5.74, 6) is -2.88. The first-order valence-electron chi connectivity index (χ1n) is 4.14. The Labute approximate surface area is 75.3 Å². The molecule has 70 valence electrons. The standard InChI is InChI=1S/C10H10F2O/c1-9(7-13-9)10(11,12)8-5-3-2-4-6-8/h2-6H,7H2,1H3. The van der Waals surface area contributed by atoms with Gasteiger partial charge in [-0.15, -0.1) is 0 Å². The van der Waals surface area contributed by atoms with Crippen LogP contribution in [-0.4, -0.2) is 12.2 Å². The summed E-state index contributed by atoms with van der Waals surface area (Å²) in [7, 11) is 0. The van der Waals surface area contributed by atoms with Gasteiger partial charge in [0.2, 0.25) is 0 Å². The van der Waals surface area contributed by atoms with Gasteiger partial charge in [0.25, 0.3) is 0 Å². The summed E-state index contributed by atoms with van der Waals surface area (Å²) in [4.78, 5) is 0. The number of ether oxygens (including phenoxy) is 1. The Morgan fingerprint density at radius 3 is 2.31 bits per heavy atom. The molecule has 1 aliphatic rings. The van der Waals surface area contributed by atoms with Gasteiger partial charge in [0.15, 0.2) is 5.60 Å². The second-order valence-corrected chi connectivity index (χ2v) is 3.46. The van der Waals surface area contributed by atoms with E-state index in [2.05, 4.69) is 0 Å². The van der Waals surface area contributed by atoms with Crippen LogP contribution in [0.3, 0.4) is 0 Å². The molecule has 0 radical (unpaired) electrons. The van der Waals surface area contributed by atoms with Crippen LogP contribution in [0.2, 0.25) is 0 Å². The third-order valence-electron chi connectivity index (χ3n) is 2.38. The fourth-order valence-corrected chi connectivity index (χ4v) is 1.24. The van der Waals surface area contributed by atoms with Gasteiger partial charge >= 0.3 is 5.92 Å². The van der Waals surface area contributed by atoms with E-state index in [1.165, 1.54) is 19.1 Å². The quantitative estimate of drug-likeness (QED) is 0.643. The lowest BCUT2D eigenvalue weighted by Gasteiger charge is -2.20. The van der Waals surface area contributed by atoms with Gasteiger partial charge in [-0.25, -0.2) is 0 Å². The molecule has 0 amide bonds. The van der Waals surface area contributed by atoms with Gasteiger partial charge in [0, 0.05) is 5.56 Å². The van der Waals surface area contributed by atoms with Crippen molar-refractivity contribution in [3.63, 3.8) is 0 Å². The van der Waals surface area contributed by atoms with Crippen molar-refractivity contribution in [2.45, 2.75) is 18.4 Å². The van der Waals surface area contributed by atoms with Crippen molar-refractivity contribution in [3.05, 3.63) is 35.9 Å². The second-order valence-electron chi connectivity index (χ2n) is 3.46. The summed E-state index contributed by atoms with van der Waals surface area (Å²) in [5.41, 5.74) is -1.26. The van der Waals surface area contributed by atoms with Crippen LogP contribution in [0.5, 0.6) is 0 Å². The normalized spacial score (nSPS) is 27.3. The van der Waals surface area contributed by atoms with Crippen molar-refractivity contribution in [2.24, 2.45) is 0 Å². The van der Waals surface area contributed by atoms with Gasteiger partial charge in [0.1, 0.15) is 0 Å². The summed E-state index contributed by atoms with van der Waals surface area (Å²) in [6.45, 7) is 1.56. The Morgan fingerprint density at radius 1 is 1.31 bits per heavy atom. The molecular weight excluding hydrogens is 174 g/mol. The molecule has 1 aromatic carbocycles. The number of epoxide rings is 1. The van der Waals surface area contributed by atoms with E-state index >= 15 is 0 Å². The monoisotopic (exact) mass is 184 g/mol. The van der Waals surface area contributed by atoms with Gasteiger partial charge in [0.05, 0.1) is 6.61 Å². The summed E-state index contributed by atoms with van der Waals surface area (Å²) in [6, 6.07) is 7.78. The molecule has 3 heteroatoms. The number of hydrogen-bond acceptors (Lipinski definition) is 1. The van der Waals surface area contributed by atoms with Crippen LogP contribution < -0.4 is 0 Å². The zero-order valence-corrected chi connectivity index (χ0v) is 7.26. The van der Waals surface area contributed by atoms with Crippen LogP contribution in [0.4, 0.5) is 8.78 Å². The average Bonchev–Trinajstić information content (AvgIpc) is 2.87. The number of benzene rings is 1. The van der Waals surface area contributed by atoms with Gasteiger partial charge in [-0.2, -0.15) is 8.78 Å². The molecule has 2 rings (SSSR count). The van der Waals surface area contributed by atoms with Crippen LogP contribution in [0.15, 0.2) is 30.3 Å². The van der Waals surface area contributed by atoms with Crippen molar-refractivity contribution in [1.29, 1.82) is 0 Å². The molecule has 1 atom stereocenters. The van der Waals surface area contributed by atoms with E-state index in [0.717, 1.165) is 0 Å².